The van der Waals surface area contributed by atoms with Gasteiger partial charge in [-0.05, 0) is 25.1 Å². The summed E-state index contributed by atoms with van der Waals surface area (Å²) in [5.74, 6) is -0.545. The molecule has 0 aliphatic heterocycles. The molecule has 24 heavy (non-hydrogen) atoms. The van der Waals surface area contributed by atoms with Gasteiger partial charge in [-0.1, -0.05) is 30.3 Å². The molecule has 0 atom stereocenters. The third-order valence-electron chi connectivity index (χ3n) is 3.24. The number of rotatable bonds is 6. The van der Waals surface area contributed by atoms with Gasteiger partial charge < -0.3 is 4.74 Å². The molecule has 2 aromatic rings. The Hall–Kier alpha value is -3.09. The van der Waals surface area contributed by atoms with Gasteiger partial charge in [0, 0.05) is 22.8 Å². The zero-order valence-electron chi connectivity index (χ0n) is 12.6. The minimum atomic E-state index is -2.98. The molecule has 5 nitrogen and oxygen atoms in total. The van der Waals surface area contributed by atoms with E-state index in [0.29, 0.717) is 11.1 Å². The Morgan fingerprint density at radius 3 is 2.62 bits per heavy atom. The van der Waals surface area contributed by atoms with E-state index in [-0.39, 0.29) is 17.0 Å². The number of para-hydroxylation sites is 1. The maximum atomic E-state index is 12.3. The molecule has 0 N–H and O–H groups in total. The summed E-state index contributed by atoms with van der Waals surface area (Å²) in [6.07, 6.45) is 2.48. The van der Waals surface area contributed by atoms with Crippen molar-refractivity contribution in [3.8, 4) is 5.75 Å². The smallest absolute Gasteiger partial charge is 0.387 e. The van der Waals surface area contributed by atoms with Crippen molar-refractivity contribution < 1.29 is 23.2 Å². The second kappa shape index (κ2) is 7.45. The number of alkyl halides is 2. The lowest BCUT2D eigenvalue weighted by Gasteiger charge is -2.07. The summed E-state index contributed by atoms with van der Waals surface area (Å²) in [5, 5.41) is 10.9. The van der Waals surface area contributed by atoms with E-state index < -0.39 is 17.3 Å². The molecule has 0 bridgehead atoms. The number of halogens is 2. The van der Waals surface area contributed by atoms with Crippen LogP contribution >= 0.6 is 0 Å². The Kier molecular flexibility index (Phi) is 5.36. The van der Waals surface area contributed by atoms with E-state index in [0.717, 1.165) is 6.08 Å². The standard InChI is InChI=1S/C17H13F2NO4/c1-11-6-7-13(10-14(11)20(22)23)15(21)9-8-12-4-2-3-5-16(12)24-17(18)19/h2-10,17H,1H3/b9-8+. The SMILES string of the molecule is Cc1ccc(C(=O)/C=C/c2ccccc2OC(F)F)cc1[N+](=O)[O-]. The minimum Gasteiger partial charge on any atom is -0.434 e. The predicted molar refractivity (Wildman–Crippen MR) is 84.3 cm³/mol. The number of carbonyl (C=O) groups excluding carboxylic acids is 1. The van der Waals surface area contributed by atoms with Crippen molar-refractivity contribution in [2.75, 3.05) is 0 Å². The minimum absolute atomic E-state index is 0.0635. The van der Waals surface area contributed by atoms with Crippen molar-refractivity contribution in [1.82, 2.24) is 0 Å². The second-order valence-corrected chi connectivity index (χ2v) is 4.87. The molecule has 7 heteroatoms. The first-order valence-electron chi connectivity index (χ1n) is 6.90. The van der Waals surface area contributed by atoms with Crippen molar-refractivity contribution in [1.29, 1.82) is 0 Å². The van der Waals surface area contributed by atoms with Gasteiger partial charge in [-0.25, -0.2) is 0 Å². The van der Waals surface area contributed by atoms with E-state index in [4.69, 9.17) is 0 Å². The molecule has 2 aromatic carbocycles. The summed E-state index contributed by atoms with van der Waals surface area (Å²) in [5.41, 5.74) is 0.718. The van der Waals surface area contributed by atoms with Gasteiger partial charge >= 0.3 is 6.61 Å². The lowest BCUT2D eigenvalue weighted by Crippen LogP contribution is -2.03. The molecule has 0 saturated carbocycles. The van der Waals surface area contributed by atoms with E-state index in [1.807, 2.05) is 0 Å². The molecular formula is C17H13F2NO4. The van der Waals surface area contributed by atoms with Crippen LogP contribution in [0.15, 0.2) is 48.5 Å². The third-order valence-corrected chi connectivity index (χ3v) is 3.24. The van der Waals surface area contributed by atoms with Gasteiger partial charge in [-0.2, -0.15) is 8.78 Å². The van der Waals surface area contributed by atoms with Crippen molar-refractivity contribution in [3.63, 3.8) is 0 Å². The van der Waals surface area contributed by atoms with Crippen LogP contribution in [0.3, 0.4) is 0 Å². The number of nitrogens with zero attached hydrogens (tertiary/aromatic N) is 1. The number of ether oxygens (including phenoxy) is 1. The van der Waals surface area contributed by atoms with Crippen molar-refractivity contribution >= 4 is 17.5 Å². The Bertz CT molecular complexity index is 803. The molecule has 0 fully saturated rings. The van der Waals surface area contributed by atoms with Gasteiger partial charge in [0.15, 0.2) is 5.78 Å². The number of nitro benzene ring substituents is 1. The van der Waals surface area contributed by atoms with Crippen LogP contribution in [0.5, 0.6) is 5.75 Å². The number of hydrogen-bond donors (Lipinski definition) is 0. The fourth-order valence-corrected chi connectivity index (χ4v) is 2.04. The zero-order chi connectivity index (χ0) is 17.7. The van der Waals surface area contributed by atoms with Crippen LogP contribution in [0.1, 0.15) is 21.5 Å². The maximum absolute atomic E-state index is 12.3. The van der Waals surface area contributed by atoms with Crippen LogP contribution in [0.4, 0.5) is 14.5 Å². The first-order valence-corrected chi connectivity index (χ1v) is 6.90. The number of allylic oxidation sites excluding steroid dienone is 1. The van der Waals surface area contributed by atoms with Gasteiger partial charge in [0.25, 0.3) is 5.69 Å². The normalized spacial score (nSPS) is 11.0. The monoisotopic (exact) mass is 333 g/mol. The van der Waals surface area contributed by atoms with Gasteiger partial charge in [0.1, 0.15) is 5.75 Å². The Morgan fingerprint density at radius 2 is 1.96 bits per heavy atom. The number of nitro groups is 1. The van der Waals surface area contributed by atoms with Gasteiger partial charge in [-0.15, -0.1) is 0 Å². The molecule has 124 valence electrons. The second-order valence-electron chi connectivity index (χ2n) is 4.87. The third kappa shape index (κ3) is 4.22. The fourth-order valence-electron chi connectivity index (χ4n) is 2.04. The predicted octanol–water partition coefficient (Wildman–Crippen LogP) is 4.40. The molecule has 0 spiro atoms. The van der Waals surface area contributed by atoms with Gasteiger partial charge in [-0.3, -0.25) is 14.9 Å². The molecule has 0 aliphatic rings. The van der Waals surface area contributed by atoms with E-state index in [9.17, 15) is 23.7 Å². The maximum Gasteiger partial charge on any atom is 0.387 e. The summed E-state index contributed by atoms with van der Waals surface area (Å²) >= 11 is 0. The molecule has 0 amide bonds. The van der Waals surface area contributed by atoms with Crippen molar-refractivity contribution in [2.24, 2.45) is 0 Å². The highest BCUT2D eigenvalue weighted by atomic mass is 19.3. The Morgan fingerprint density at radius 1 is 1.25 bits per heavy atom. The quantitative estimate of drug-likeness (QED) is 0.340. The number of carbonyl (C=O) groups is 1. The lowest BCUT2D eigenvalue weighted by atomic mass is 10.1. The van der Waals surface area contributed by atoms with Crippen molar-refractivity contribution in [3.05, 3.63) is 75.3 Å². The number of benzene rings is 2. The summed E-state index contributed by atoms with van der Waals surface area (Å²) < 4.78 is 29.1. The number of aryl methyl sites for hydroxylation is 1. The highest BCUT2D eigenvalue weighted by Crippen LogP contribution is 2.23. The number of ketones is 1. The van der Waals surface area contributed by atoms with Crippen LogP contribution in [-0.4, -0.2) is 17.3 Å². The lowest BCUT2D eigenvalue weighted by molar-refractivity contribution is -0.385. The van der Waals surface area contributed by atoms with E-state index in [1.54, 1.807) is 13.0 Å². The first-order chi connectivity index (χ1) is 11.4. The molecule has 0 aromatic heterocycles. The molecule has 0 unspecified atom stereocenters. The average Bonchev–Trinajstić information content (AvgIpc) is 2.53. The molecule has 0 radical (unpaired) electrons. The average molecular weight is 333 g/mol. The molecule has 0 saturated heterocycles. The van der Waals surface area contributed by atoms with Crippen molar-refractivity contribution in [2.45, 2.75) is 13.5 Å². The Balaban J connectivity index is 2.26. The topological polar surface area (TPSA) is 69.4 Å². The van der Waals surface area contributed by atoms with E-state index >= 15 is 0 Å². The van der Waals surface area contributed by atoms with E-state index in [1.165, 1.54) is 42.5 Å². The molecule has 0 aliphatic carbocycles. The molecular weight excluding hydrogens is 320 g/mol. The van der Waals surface area contributed by atoms with Gasteiger partial charge in [0.2, 0.25) is 0 Å². The highest BCUT2D eigenvalue weighted by Gasteiger charge is 2.14. The largest absolute Gasteiger partial charge is 0.434 e. The molecule has 0 heterocycles. The Labute approximate surface area is 136 Å². The van der Waals surface area contributed by atoms with Crippen LogP contribution in [0, 0.1) is 17.0 Å². The van der Waals surface area contributed by atoms with Crippen LogP contribution in [-0.2, 0) is 0 Å². The summed E-state index contributed by atoms with van der Waals surface area (Å²) in [4.78, 5) is 22.5. The first kappa shape index (κ1) is 17.3. The van der Waals surface area contributed by atoms with Crippen LogP contribution in [0.25, 0.3) is 6.08 Å². The van der Waals surface area contributed by atoms with Crippen LogP contribution in [0.2, 0.25) is 0 Å². The summed E-state index contributed by atoms with van der Waals surface area (Å²) in [6.45, 7) is -1.41. The summed E-state index contributed by atoms with van der Waals surface area (Å²) in [6, 6.07) is 10.1. The fraction of sp³-hybridized carbons (Fsp3) is 0.118. The zero-order valence-corrected chi connectivity index (χ0v) is 12.6. The van der Waals surface area contributed by atoms with Crippen LogP contribution < -0.4 is 4.74 Å². The summed E-state index contributed by atoms with van der Waals surface area (Å²) in [7, 11) is 0. The molecule has 2 rings (SSSR count). The van der Waals surface area contributed by atoms with E-state index in [2.05, 4.69) is 4.74 Å². The highest BCUT2D eigenvalue weighted by molar-refractivity contribution is 6.07. The van der Waals surface area contributed by atoms with Gasteiger partial charge in [0.05, 0.1) is 4.92 Å². The number of hydrogen-bond acceptors (Lipinski definition) is 4.